The van der Waals surface area contributed by atoms with Gasteiger partial charge in [-0.05, 0) is 50.7 Å². The van der Waals surface area contributed by atoms with Gasteiger partial charge in [0.15, 0.2) is 0 Å². The molecule has 2 amide bonds. The number of hydrogen-bond donors (Lipinski definition) is 0. The van der Waals surface area contributed by atoms with Gasteiger partial charge in [-0.1, -0.05) is 12.8 Å². The largest absolute Gasteiger partial charge is 0.342 e. The first-order valence-electron chi connectivity index (χ1n) is 12.3. The molecule has 2 saturated heterocycles. The quantitative estimate of drug-likeness (QED) is 0.736. The fourth-order valence-electron chi connectivity index (χ4n) is 5.89. The molecule has 8 heteroatoms. The SMILES string of the molecule is O=C([C@@H]1CCCC[C@H]1C(=O)N1CCC(n2cccn2)CC1)N1CCC(n2cccn2)CC1. The first kappa shape index (κ1) is 21.2. The van der Waals surface area contributed by atoms with E-state index >= 15 is 0 Å². The van der Waals surface area contributed by atoms with Crippen molar-refractivity contribution in [2.24, 2.45) is 11.8 Å². The molecular formula is C24H34N6O2. The zero-order valence-corrected chi connectivity index (χ0v) is 18.8. The zero-order chi connectivity index (χ0) is 21.9. The monoisotopic (exact) mass is 438 g/mol. The van der Waals surface area contributed by atoms with Gasteiger partial charge in [-0.2, -0.15) is 10.2 Å². The van der Waals surface area contributed by atoms with Crippen molar-refractivity contribution in [2.75, 3.05) is 26.2 Å². The van der Waals surface area contributed by atoms with Crippen LogP contribution in [0.15, 0.2) is 36.9 Å². The second-order valence-corrected chi connectivity index (χ2v) is 9.58. The van der Waals surface area contributed by atoms with Gasteiger partial charge in [0.2, 0.25) is 11.8 Å². The maximum Gasteiger partial charge on any atom is 0.226 e. The number of likely N-dealkylation sites (tertiary alicyclic amines) is 2. The maximum atomic E-state index is 13.5. The minimum Gasteiger partial charge on any atom is -0.342 e. The number of nitrogens with zero attached hydrogens (tertiary/aromatic N) is 6. The van der Waals surface area contributed by atoms with E-state index in [2.05, 4.69) is 10.2 Å². The number of hydrogen-bond acceptors (Lipinski definition) is 4. The highest BCUT2D eigenvalue weighted by molar-refractivity contribution is 5.88. The first-order valence-corrected chi connectivity index (χ1v) is 12.3. The third kappa shape index (κ3) is 4.32. The van der Waals surface area contributed by atoms with Crippen LogP contribution in [0.3, 0.4) is 0 Å². The fraction of sp³-hybridized carbons (Fsp3) is 0.667. The van der Waals surface area contributed by atoms with Crippen LogP contribution in [0.5, 0.6) is 0 Å². The van der Waals surface area contributed by atoms with Crippen molar-refractivity contribution in [1.82, 2.24) is 29.4 Å². The Morgan fingerprint density at radius 3 is 1.38 bits per heavy atom. The minimum absolute atomic E-state index is 0.152. The summed E-state index contributed by atoms with van der Waals surface area (Å²) in [6.07, 6.45) is 15.1. The Hall–Kier alpha value is -2.64. The maximum absolute atomic E-state index is 13.5. The van der Waals surface area contributed by atoms with Crippen LogP contribution < -0.4 is 0 Å². The molecule has 1 aliphatic carbocycles. The highest BCUT2D eigenvalue weighted by atomic mass is 16.2. The van der Waals surface area contributed by atoms with Crippen LogP contribution in [0.4, 0.5) is 0 Å². The molecule has 0 bridgehead atoms. The summed E-state index contributed by atoms with van der Waals surface area (Å²) in [4.78, 5) is 31.0. The zero-order valence-electron chi connectivity index (χ0n) is 18.8. The molecule has 3 fully saturated rings. The number of piperidine rings is 2. The standard InChI is InChI=1S/C24H34N6O2/c31-23(27-15-7-19(8-16-27)29-13-3-11-25-29)21-5-1-2-6-22(21)24(32)28-17-9-20(10-18-28)30-14-4-12-26-30/h3-4,11-14,19-22H,1-2,5-10,15-18H2/t21-,22-/m1/s1. The molecule has 2 aliphatic heterocycles. The lowest BCUT2D eigenvalue weighted by Gasteiger charge is -2.40. The van der Waals surface area contributed by atoms with Crippen LogP contribution in [-0.4, -0.2) is 67.4 Å². The molecule has 2 aromatic rings. The number of rotatable bonds is 4. The molecule has 2 aromatic heterocycles. The van der Waals surface area contributed by atoms with E-state index < -0.39 is 0 Å². The van der Waals surface area contributed by atoms with E-state index in [0.29, 0.717) is 12.1 Å². The molecule has 0 radical (unpaired) electrons. The number of carbonyl (C=O) groups excluding carboxylic acids is 2. The van der Waals surface area contributed by atoms with E-state index in [9.17, 15) is 9.59 Å². The Morgan fingerprint density at radius 2 is 1.03 bits per heavy atom. The Kier molecular flexibility index (Phi) is 6.28. The van der Waals surface area contributed by atoms with Gasteiger partial charge in [0.1, 0.15) is 0 Å². The van der Waals surface area contributed by atoms with Crippen LogP contribution in [0.2, 0.25) is 0 Å². The molecule has 0 N–H and O–H groups in total. The molecule has 1 saturated carbocycles. The van der Waals surface area contributed by atoms with E-state index in [1.807, 2.05) is 56.1 Å². The molecule has 0 spiro atoms. The normalized spacial score (nSPS) is 25.8. The van der Waals surface area contributed by atoms with Crippen LogP contribution in [0.25, 0.3) is 0 Å². The van der Waals surface area contributed by atoms with E-state index in [4.69, 9.17) is 0 Å². The summed E-state index contributed by atoms with van der Waals surface area (Å²) in [5.41, 5.74) is 0. The third-order valence-electron chi connectivity index (χ3n) is 7.75. The summed E-state index contributed by atoms with van der Waals surface area (Å²) in [5, 5.41) is 8.73. The molecule has 3 aliphatic rings. The third-order valence-corrected chi connectivity index (χ3v) is 7.75. The van der Waals surface area contributed by atoms with Gasteiger partial charge >= 0.3 is 0 Å². The Morgan fingerprint density at radius 1 is 0.625 bits per heavy atom. The van der Waals surface area contributed by atoms with Gasteiger partial charge in [0, 0.05) is 62.8 Å². The lowest BCUT2D eigenvalue weighted by Crippen LogP contribution is -2.50. The predicted octanol–water partition coefficient (Wildman–Crippen LogP) is 2.91. The highest BCUT2D eigenvalue weighted by Crippen LogP contribution is 2.35. The Balaban J connectivity index is 1.18. The van der Waals surface area contributed by atoms with Crippen molar-refractivity contribution >= 4 is 11.8 Å². The summed E-state index contributed by atoms with van der Waals surface area (Å²) in [7, 11) is 0. The molecule has 172 valence electrons. The van der Waals surface area contributed by atoms with E-state index in [1.165, 1.54) is 0 Å². The number of carbonyl (C=O) groups is 2. The summed E-state index contributed by atoms with van der Waals surface area (Å²) in [6, 6.07) is 4.64. The average molecular weight is 439 g/mol. The Labute approximate surface area is 189 Å². The van der Waals surface area contributed by atoms with Crippen molar-refractivity contribution in [1.29, 1.82) is 0 Å². The first-order chi connectivity index (χ1) is 15.7. The van der Waals surface area contributed by atoms with Crippen LogP contribution >= 0.6 is 0 Å². The van der Waals surface area contributed by atoms with Gasteiger partial charge in [-0.25, -0.2) is 0 Å². The predicted molar refractivity (Wildman–Crippen MR) is 120 cm³/mol. The lowest BCUT2D eigenvalue weighted by atomic mass is 9.77. The van der Waals surface area contributed by atoms with Crippen molar-refractivity contribution in [3.05, 3.63) is 36.9 Å². The fourth-order valence-corrected chi connectivity index (χ4v) is 5.89. The summed E-state index contributed by atoms with van der Waals surface area (Å²) in [6.45, 7) is 3.04. The topological polar surface area (TPSA) is 76.3 Å². The second kappa shape index (κ2) is 9.46. The van der Waals surface area contributed by atoms with Gasteiger partial charge in [0.25, 0.3) is 0 Å². The minimum atomic E-state index is -0.152. The van der Waals surface area contributed by atoms with Crippen LogP contribution in [0.1, 0.15) is 63.5 Å². The Bertz CT molecular complexity index is 806. The summed E-state index contributed by atoms with van der Waals surface area (Å²) >= 11 is 0. The van der Waals surface area contributed by atoms with Crippen molar-refractivity contribution in [2.45, 2.75) is 63.5 Å². The summed E-state index contributed by atoms with van der Waals surface area (Å²) in [5.74, 6) is 0.101. The van der Waals surface area contributed by atoms with Gasteiger partial charge in [-0.15, -0.1) is 0 Å². The van der Waals surface area contributed by atoms with E-state index in [1.54, 1.807) is 0 Å². The molecule has 0 aromatic carbocycles. The number of amides is 2. The molecule has 32 heavy (non-hydrogen) atoms. The molecular weight excluding hydrogens is 404 g/mol. The van der Waals surface area contributed by atoms with Crippen LogP contribution in [0, 0.1) is 11.8 Å². The average Bonchev–Trinajstić information content (AvgIpc) is 3.58. The van der Waals surface area contributed by atoms with Crippen molar-refractivity contribution < 1.29 is 9.59 Å². The van der Waals surface area contributed by atoms with E-state index in [-0.39, 0.29) is 23.7 Å². The van der Waals surface area contributed by atoms with Crippen molar-refractivity contribution in [3.63, 3.8) is 0 Å². The molecule has 4 heterocycles. The van der Waals surface area contributed by atoms with Crippen molar-refractivity contribution in [3.8, 4) is 0 Å². The summed E-state index contributed by atoms with van der Waals surface area (Å²) < 4.78 is 4.03. The molecule has 0 unspecified atom stereocenters. The van der Waals surface area contributed by atoms with Crippen LogP contribution in [-0.2, 0) is 9.59 Å². The van der Waals surface area contributed by atoms with Gasteiger partial charge in [0.05, 0.1) is 12.1 Å². The molecule has 2 atom stereocenters. The van der Waals surface area contributed by atoms with Gasteiger partial charge in [-0.3, -0.25) is 19.0 Å². The number of aromatic nitrogens is 4. The molecule has 8 nitrogen and oxygen atoms in total. The lowest BCUT2D eigenvalue weighted by molar-refractivity contribution is -0.149. The smallest absolute Gasteiger partial charge is 0.226 e. The van der Waals surface area contributed by atoms with Gasteiger partial charge < -0.3 is 9.80 Å². The van der Waals surface area contributed by atoms with E-state index in [0.717, 1.165) is 77.5 Å². The molecule has 5 rings (SSSR count). The second-order valence-electron chi connectivity index (χ2n) is 9.58. The highest BCUT2D eigenvalue weighted by Gasteiger charge is 2.41.